The van der Waals surface area contributed by atoms with Crippen molar-refractivity contribution in [2.45, 2.75) is 19.4 Å². The SMILES string of the molecule is COC(=O)[C@H](CO)N(C)C(=O)CC(C)=O. The second-order valence-electron chi connectivity index (χ2n) is 3.10. The molecule has 1 atom stereocenters. The maximum atomic E-state index is 11.4. The maximum Gasteiger partial charge on any atom is 0.330 e. The number of ether oxygens (including phenoxy) is 1. The molecule has 0 aliphatic carbocycles. The molecule has 0 aromatic rings. The Labute approximate surface area is 87.8 Å². The van der Waals surface area contributed by atoms with E-state index in [1.165, 1.54) is 14.0 Å². The first-order valence-electron chi connectivity index (χ1n) is 4.37. The van der Waals surface area contributed by atoms with Crippen molar-refractivity contribution in [2.24, 2.45) is 0 Å². The number of carbonyl (C=O) groups excluding carboxylic acids is 3. The number of rotatable bonds is 5. The van der Waals surface area contributed by atoms with Crippen LogP contribution in [0.25, 0.3) is 0 Å². The summed E-state index contributed by atoms with van der Waals surface area (Å²) in [6.45, 7) is 0.741. The number of methoxy groups -OCH3 is 1. The lowest BCUT2D eigenvalue weighted by molar-refractivity contribution is -0.154. The van der Waals surface area contributed by atoms with E-state index < -0.39 is 24.5 Å². The Bertz CT molecular complexity index is 263. The fraction of sp³-hybridized carbons (Fsp3) is 0.667. The first-order valence-corrected chi connectivity index (χ1v) is 4.37. The molecule has 0 saturated heterocycles. The van der Waals surface area contributed by atoms with Crippen molar-refractivity contribution in [2.75, 3.05) is 20.8 Å². The van der Waals surface area contributed by atoms with E-state index in [4.69, 9.17) is 5.11 Å². The highest BCUT2D eigenvalue weighted by atomic mass is 16.5. The Morgan fingerprint density at radius 3 is 2.27 bits per heavy atom. The Morgan fingerprint density at radius 2 is 1.93 bits per heavy atom. The highest BCUT2D eigenvalue weighted by Gasteiger charge is 2.27. The molecule has 86 valence electrons. The molecule has 0 radical (unpaired) electrons. The van der Waals surface area contributed by atoms with Crippen molar-refractivity contribution in [3.63, 3.8) is 0 Å². The lowest BCUT2D eigenvalue weighted by Crippen LogP contribution is -2.45. The number of likely N-dealkylation sites (N-methyl/N-ethyl adjacent to an activating group) is 1. The largest absolute Gasteiger partial charge is 0.467 e. The third kappa shape index (κ3) is 4.07. The molecule has 0 aliphatic rings. The minimum absolute atomic E-state index is 0.288. The molecule has 1 amide bonds. The number of Topliss-reactive ketones (excluding diaryl/α,β-unsaturated/α-hetero) is 1. The van der Waals surface area contributed by atoms with Gasteiger partial charge in [0.25, 0.3) is 0 Å². The first-order chi connectivity index (χ1) is 6.93. The predicted octanol–water partition coefficient (Wildman–Crippen LogP) is -1.04. The number of nitrogens with zero attached hydrogens (tertiary/aromatic N) is 1. The van der Waals surface area contributed by atoms with Gasteiger partial charge in [0.15, 0.2) is 6.04 Å². The Morgan fingerprint density at radius 1 is 1.40 bits per heavy atom. The Hall–Kier alpha value is -1.43. The van der Waals surface area contributed by atoms with Crippen LogP contribution in [0.1, 0.15) is 13.3 Å². The molecule has 0 heterocycles. The molecule has 0 unspecified atom stereocenters. The average Bonchev–Trinajstić information content (AvgIpc) is 2.17. The smallest absolute Gasteiger partial charge is 0.330 e. The quantitative estimate of drug-likeness (QED) is 0.469. The van der Waals surface area contributed by atoms with Gasteiger partial charge in [-0.2, -0.15) is 0 Å². The second-order valence-corrected chi connectivity index (χ2v) is 3.10. The van der Waals surface area contributed by atoms with Crippen molar-refractivity contribution in [1.82, 2.24) is 4.90 Å². The minimum atomic E-state index is -1.05. The van der Waals surface area contributed by atoms with Gasteiger partial charge in [-0.3, -0.25) is 9.59 Å². The summed E-state index contributed by atoms with van der Waals surface area (Å²) in [5, 5.41) is 8.90. The first kappa shape index (κ1) is 13.6. The monoisotopic (exact) mass is 217 g/mol. The van der Waals surface area contributed by atoms with Crippen LogP contribution in [-0.4, -0.2) is 54.5 Å². The zero-order valence-corrected chi connectivity index (χ0v) is 9.02. The van der Waals surface area contributed by atoms with Crippen LogP contribution in [0.4, 0.5) is 0 Å². The summed E-state index contributed by atoms with van der Waals surface area (Å²) >= 11 is 0. The van der Waals surface area contributed by atoms with Gasteiger partial charge in [-0.1, -0.05) is 0 Å². The van der Waals surface area contributed by atoms with Crippen LogP contribution in [0.5, 0.6) is 0 Å². The number of amides is 1. The van der Waals surface area contributed by atoms with Gasteiger partial charge in [0.05, 0.1) is 20.1 Å². The lowest BCUT2D eigenvalue weighted by atomic mass is 10.2. The van der Waals surface area contributed by atoms with E-state index in [1.807, 2.05) is 0 Å². The summed E-state index contributed by atoms with van der Waals surface area (Å²) in [4.78, 5) is 34.2. The zero-order chi connectivity index (χ0) is 12.0. The molecule has 0 saturated carbocycles. The minimum Gasteiger partial charge on any atom is -0.467 e. The summed E-state index contributed by atoms with van der Waals surface area (Å²) in [7, 11) is 2.50. The van der Waals surface area contributed by atoms with Gasteiger partial charge in [0.2, 0.25) is 5.91 Å². The number of hydrogen-bond donors (Lipinski definition) is 1. The molecular formula is C9H15NO5. The van der Waals surface area contributed by atoms with E-state index in [2.05, 4.69) is 4.74 Å². The van der Waals surface area contributed by atoms with Crippen LogP contribution < -0.4 is 0 Å². The molecule has 0 aromatic heterocycles. The molecule has 0 spiro atoms. The van der Waals surface area contributed by atoms with E-state index in [1.54, 1.807) is 0 Å². The molecule has 0 aromatic carbocycles. The number of ketones is 1. The number of hydrogen-bond acceptors (Lipinski definition) is 5. The molecule has 6 nitrogen and oxygen atoms in total. The van der Waals surface area contributed by atoms with E-state index >= 15 is 0 Å². The lowest BCUT2D eigenvalue weighted by Gasteiger charge is -2.23. The molecule has 6 heteroatoms. The second kappa shape index (κ2) is 6.13. The van der Waals surface area contributed by atoms with Gasteiger partial charge in [-0.05, 0) is 6.92 Å². The molecule has 0 bridgehead atoms. The van der Waals surface area contributed by atoms with Gasteiger partial charge in [0, 0.05) is 7.05 Å². The van der Waals surface area contributed by atoms with Crippen molar-refractivity contribution in [3.8, 4) is 0 Å². The molecule has 0 fully saturated rings. The van der Waals surface area contributed by atoms with E-state index in [0.29, 0.717) is 0 Å². The summed E-state index contributed by atoms with van der Waals surface area (Å²) < 4.78 is 4.40. The predicted molar refractivity (Wildman–Crippen MR) is 51.0 cm³/mol. The van der Waals surface area contributed by atoms with Crippen molar-refractivity contribution in [1.29, 1.82) is 0 Å². The van der Waals surface area contributed by atoms with E-state index in [0.717, 1.165) is 12.0 Å². The standard InChI is InChI=1S/C9H15NO5/c1-6(12)4-8(13)10(2)7(5-11)9(14)15-3/h7,11H,4-5H2,1-3H3/t7-/m0/s1. The zero-order valence-electron chi connectivity index (χ0n) is 9.02. The van der Waals surface area contributed by atoms with Gasteiger partial charge in [0.1, 0.15) is 5.78 Å². The van der Waals surface area contributed by atoms with E-state index in [9.17, 15) is 14.4 Å². The third-order valence-electron chi connectivity index (χ3n) is 1.91. The van der Waals surface area contributed by atoms with Gasteiger partial charge < -0.3 is 14.7 Å². The summed E-state index contributed by atoms with van der Waals surface area (Å²) in [6, 6.07) is -1.05. The maximum absolute atomic E-state index is 11.4. The normalized spacial score (nSPS) is 11.7. The molecular weight excluding hydrogens is 202 g/mol. The van der Waals surface area contributed by atoms with Crippen LogP contribution >= 0.6 is 0 Å². The molecule has 0 aliphatic heterocycles. The summed E-state index contributed by atoms with van der Waals surface area (Å²) in [5.74, 6) is -1.53. The van der Waals surface area contributed by atoms with Crippen LogP contribution in [0, 0.1) is 0 Å². The van der Waals surface area contributed by atoms with Gasteiger partial charge >= 0.3 is 5.97 Å². The summed E-state index contributed by atoms with van der Waals surface area (Å²) in [6.07, 6.45) is -0.288. The van der Waals surface area contributed by atoms with Crippen LogP contribution in [0.2, 0.25) is 0 Å². The average molecular weight is 217 g/mol. The van der Waals surface area contributed by atoms with Crippen molar-refractivity contribution < 1.29 is 24.2 Å². The van der Waals surface area contributed by atoms with Gasteiger partial charge in [-0.15, -0.1) is 0 Å². The van der Waals surface area contributed by atoms with Crippen molar-refractivity contribution in [3.05, 3.63) is 0 Å². The number of aliphatic hydroxyl groups is 1. The van der Waals surface area contributed by atoms with Crippen LogP contribution in [-0.2, 0) is 19.1 Å². The van der Waals surface area contributed by atoms with Crippen molar-refractivity contribution >= 4 is 17.7 Å². The van der Waals surface area contributed by atoms with Gasteiger partial charge in [-0.25, -0.2) is 4.79 Å². The Kier molecular flexibility index (Phi) is 5.54. The highest BCUT2D eigenvalue weighted by molar-refractivity contribution is 5.98. The number of aliphatic hydroxyl groups excluding tert-OH is 1. The highest BCUT2D eigenvalue weighted by Crippen LogP contribution is 2.01. The fourth-order valence-corrected chi connectivity index (χ4v) is 1.00. The van der Waals surface area contributed by atoms with Crippen LogP contribution in [0.15, 0.2) is 0 Å². The summed E-state index contributed by atoms with van der Waals surface area (Å²) in [5.41, 5.74) is 0. The number of esters is 1. The topological polar surface area (TPSA) is 83.9 Å². The molecule has 15 heavy (non-hydrogen) atoms. The van der Waals surface area contributed by atoms with E-state index in [-0.39, 0.29) is 12.2 Å². The molecule has 0 rings (SSSR count). The fourth-order valence-electron chi connectivity index (χ4n) is 1.00. The van der Waals surface area contributed by atoms with Crippen LogP contribution in [0.3, 0.4) is 0 Å². The Balaban J connectivity index is 4.50. The molecule has 1 N–H and O–H groups in total. The number of carbonyl (C=O) groups is 3. The third-order valence-corrected chi connectivity index (χ3v) is 1.91.